The topological polar surface area (TPSA) is 72.0 Å². The third-order valence-corrected chi connectivity index (χ3v) is 2.45. The number of nitrogens with one attached hydrogen (secondary N) is 2. The van der Waals surface area contributed by atoms with Crippen molar-refractivity contribution < 1.29 is 13.5 Å². The van der Waals surface area contributed by atoms with Crippen molar-refractivity contribution in [3.05, 3.63) is 29.8 Å². The van der Waals surface area contributed by atoms with Gasteiger partial charge in [-0.2, -0.15) is 15.0 Å². The number of hydrogen-bond acceptors (Lipinski definition) is 6. The van der Waals surface area contributed by atoms with Gasteiger partial charge in [0.05, 0.1) is 6.61 Å². The van der Waals surface area contributed by atoms with Crippen LogP contribution in [0.4, 0.5) is 26.4 Å². The zero-order valence-electron chi connectivity index (χ0n) is 11.7. The van der Waals surface area contributed by atoms with Gasteiger partial charge in [-0.1, -0.05) is 6.92 Å². The van der Waals surface area contributed by atoms with E-state index >= 15 is 0 Å². The molecule has 0 aliphatic carbocycles. The molecule has 2 rings (SSSR count). The van der Waals surface area contributed by atoms with Gasteiger partial charge in [-0.25, -0.2) is 8.78 Å². The SMILES string of the molecule is CCCOc1nc(NC)nc(Nc2ccc(F)c(F)c2)n1. The number of anilines is 3. The van der Waals surface area contributed by atoms with Gasteiger partial charge in [-0.15, -0.1) is 0 Å². The predicted octanol–water partition coefficient (Wildman–Crippen LogP) is 2.72. The molecule has 2 N–H and O–H groups in total. The summed E-state index contributed by atoms with van der Waals surface area (Å²) in [6.07, 6.45) is 0.812. The highest BCUT2D eigenvalue weighted by Crippen LogP contribution is 2.18. The van der Waals surface area contributed by atoms with Gasteiger partial charge in [0.25, 0.3) is 0 Å². The minimum Gasteiger partial charge on any atom is -0.463 e. The van der Waals surface area contributed by atoms with E-state index in [1.54, 1.807) is 7.05 Å². The summed E-state index contributed by atoms with van der Waals surface area (Å²) in [5.74, 6) is -1.39. The Morgan fingerprint density at radius 3 is 2.52 bits per heavy atom. The van der Waals surface area contributed by atoms with Crippen molar-refractivity contribution in [2.24, 2.45) is 0 Å². The fourth-order valence-corrected chi connectivity index (χ4v) is 1.49. The van der Waals surface area contributed by atoms with Crippen LogP contribution in [-0.2, 0) is 0 Å². The lowest BCUT2D eigenvalue weighted by molar-refractivity contribution is 0.292. The molecular weight excluding hydrogens is 280 g/mol. The molecule has 2 aromatic rings. The first kappa shape index (κ1) is 14.9. The molecule has 112 valence electrons. The molecule has 0 radical (unpaired) electrons. The highest BCUT2D eigenvalue weighted by Gasteiger charge is 2.08. The standard InChI is InChI=1S/C13H15F2N5O/c1-3-6-21-13-19-11(16-2)18-12(20-13)17-8-4-5-9(14)10(15)7-8/h4-5,7H,3,6H2,1-2H3,(H2,16,17,18,19,20). The predicted molar refractivity (Wildman–Crippen MR) is 74.8 cm³/mol. The molecule has 0 saturated carbocycles. The van der Waals surface area contributed by atoms with Crippen LogP contribution < -0.4 is 15.4 Å². The van der Waals surface area contributed by atoms with Crippen molar-refractivity contribution >= 4 is 17.6 Å². The Hall–Kier alpha value is -2.51. The summed E-state index contributed by atoms with van der Waals surface area (Å²) < 4.78 is 31.4. The average molecular weight is 295 g/mol. The molecule has 0 bridgehead atoms. The van der Waals surface area contributed by atoms with E-state index in [4.69, 9.17) is 4.74 Å². The molecule has 0 spiro atoms. The normalized spacial score (nSPS) is 10.3. The van der Waals surface area contributed by atoms with Gasteiger partial charge in [0.2, 0.25) is 11.9 Å². The van der Waals surface area contributed by atoms with Gasteiger partial charge in [-0.05, 0) is 18.6 Å². The van der Waals surface area contributed by atoms with Crippen LogP contribution in [-0.4, -0.2) is 28.6 Å². The largest absolute Gasteiger partial charge is 0.463 e. The van der Waals surface area contributed by atoms with Crippen molar-refractivity contribution in [1.82, 2.24) is 15.0 Å². The number of rotatable bonds is 6. The third kappa shape index (κ3) is 3.98. The highest BCUT2D eigenvalue weighted by molar-refractivity contribution is 5.54. The lowest BCUT2D eigenvalue weighted by Gasteiger charge is -2.09. The van der Waals surface area contributed by atoms with Crippen LogP contribution in [0.5, 0.6) is 6.01 Å². The minimum absolute atomic E-state index is 0.154. The molecule has 0 amide bonds. The van der Waals surface area contributed by atoms with Gasteiger partial charge in [0, 0.05) is 18.8 Å². The van der Waals surface area contributed by atoms with E-state index in [0.717, 1.165) is 18.6 Å². The molecule has 21 heavy (non-hydrogen) atoms. The smallest absolute Gasteiger partial charge is 0.323 e. The summed E-state index contributed by atoms with van der Waals surface area (Å²) in [5, 5.41) is 5.55. The first-order chi connectivity index (χ1) is 10.1. The summed E-state index contributed by atoms with van der Waals surface area (Å²) in [5.41, 5.74) is 0.323. The summed E-state index contributed by atoms with van der Waals surface area (Å²) in [6.45, 7) is 2.43. The Balaban J connectivity index is 2.23. The molecular formula is C13H15F2N5O. The Labute approximate surface area is 120 Å². The molecule has 0 atom stereocenters. The minimum atomic E-state index is -0.953. The molecule has 0 aliphatic rings. The van der Waals surface area contributed by atoms with Gasteiger partial charge in [0.15, 0.2) is 11.6 Å². The fraction of sp³-hybridized carbons (Fsp3) is 0.308. The van der Waals surface area contributed by atoms with Crippen LogP contribution in [0.15, 0.2) is 18.2 Å². The van der Waals surface area contributed by atoms with Gasteiger partial charge >= 0.3 is 6.01 Å². The lowest BCUT2D eigenvalue weighted by Crippen LogP contribution is -2.07. The second-order valence-corrected chi connectivity index (χ2v) is 4.12. The molecule has 0 aliphatic heterocycles. The first-order valence-electron chi connectivity index (χ1n) is 6.41. The van der Waals surface area contributed by atoms with Crippen molar-refractivity contribution in [2.45, 2.75) is 13.3 Å². The van der Waals surface area contributed by atoms with Crippen LogP contribution >= 0.6 is 0 Å². The first-order valence-corrected chi connectivity index (χ1v) is 6.41. The van der Waals surface area contributed by atoms with Gasteiger partial charge in [-0.3, -0.25) is 0 Å². The average Bonchev–Trinajstić information content (AvgIpc) is 2.48. The van der Waals surface area contributed by atoms with Crippen LogP contribution in [0.1, 0.15) is 13.3 Å². The monoisotopic (exact) mass is 295 g/mol. The molecule has 1 aromatic heterocycles. The number of aromatic nitrogens is 3. The van der Waals surface area contributed by atoms with E-state index in [-0.39, 0.29) is 12.0 Å². The zero-order chi connectivity index (χ0) is 15.2. The maximum absolute atomic E-state index is 13.2. The Morgan fingerprint density at radius 2 is 1.86 bits per heavy atom. The van der Waals surface area contributed by atoms with E-state index in [1.807, 2.05) is 6.92 Å². The van der Waals surface area contributed by atoms with Crippen molar-refractivity contribution in [3.63, 3.8) is 0 Å². The lowest BCUT2D eigenvalue weighted by atomic mass is 10.3. The molecule has 8 heteroatoms. The van der Waals surface area contributed by atoms with Crippen LogP contribution in [0.2, 0.25) is 0 Å². The van der Waals surface area contributed by atoms with Crippen molar-refractivity contribution in [3.8, 4) is 6.01 Å². The number of benzene rings is 1. The molecule has 6 nitrogen and oxygen atoms in total. The quantitative estimate of drug-likeness (QED) is 0.853. The Morgan fingerprint density at radius 1 is 1.10 bits per heavy atom. The summed E-state index contributed by atoms with van der Waals surface area (Å²) in [6, 6.07) is 3.58. The second-order valence-electron chi connectivity index (χ2n) is 4.12. The van der Waals surface area contributed by atoms with Crippen LogP contribution in [0, 0.1) is 11.6 Å². The van der Waals surface area contributed by atoms with E-state index in [2.05, 4.69) is 25.6 Å². The van der Waals surface area contributed by atoms with Crippen molar-refractivity contribution in [2.75, 3.05) is 24.3 Å². The third-order valence-electron chi connectivity index (χ3n) is 2.45. The zero-order valence-corrected chi connectivity index (χ0v) is 11.7. The van der Waals surface area contributed by atoms with E-state index in [0.29, 0.717) is 18.2 Å². The second kappa shape index (κ2) is 6.78. The Bertz CT molecular complexity index is 624. The molecule has 1 aromatic carbocycles. The van der Waals surface area contributed by atoms with E-state index < -0.39 is 11.6 Å². The Kier molecular flexibility index (Phi) is 4.81. The summed E-state index contributed by atoms with van der Waals surface area (Å²) in [4.78, 5) is 12.2. The molecule has 0 unspecified atom stereocenters. The van der Waals surface area contributed by atoms with Crippen LogP contribution in [0.25, 0.3) is 0 Å². The van der Waals surface area contributed by atoms with Gasteiger partial charge < -0.3 is 15.4 Å². The summed E-state index contributed by atoms with van der Waals surface area (Å²) >= 11 is 0. The highest BCUT2D eigenvalue weighted by atomic mass is 19.2. The fourth-order valence-electron chi connectivity index (χ4n) is 1.49. The molecule has 1 heterocycles. The molecule has 0 saturated heterocycles. The number of ether oxygens (including phenoxy) is 1. The maximum Gasteiger partial charge on any atom is 0.323 e. The van der Waals surface area contributed by atoms with E-state index in [9.17, 15) is 8.78 Å². The number of halogens is 2. The molecule has 0 fully saturated rings. The maximum atomic E-state index is 13.2. The van der Waals surface area contributed by atoms with Crippen molar-refractivity contribution in [1.29, 1.82) is 0 Å². The number of nitrogens with zero attached hydrogens (tertiary/aromatic N) is 3. The summed E-state index contributed by atoms with van der Waals surface area (Å²) in [7, 11) is 1.65. The van der Waals surface area contributed by atoms with E-state index in [1.165, 1.54) is 6.07 Å². The number of hydrogen-bond donors (Lipinski definition) is 2. The van der Waals surface area contributed by atoms with Gasteiger partial charge in [0.1, 0.15) is 0 Å². The van der Waals surface area contributed by atoms with Crippen LogP contribution in [0.3, 0.4) is 0 Å².